The van der Waals surface area contributed by atoms with Crippen molar-refractivity contribution in [2.24, 2.45) is 0 Å². The molecule has 0 radical (unpaired) electrons. The van der Waals surface area contributed by atoms with E-state index < -0.39 is 0 Å². The summed E-state index contributed by atoms with van der Waals surface area (Å²) in [7, 11) is 0. The van der Waals surface area contributed by atoms with E-state index >= 15 is 0 Å². The molecule has 0 N–H and O–H groups in total. The zero-order valence-corrected chi connectivity index (χ0v) is 31.2. The monoisotopic (exact) mass is 743 g/mol. The van der Waals surface area contributed by atoms with Gasteiger partial charge in [-0.05, 0) is 71.1 Å². The molecule has 13 aromatic rings. The molecule has 0 atom stereocenters. The zero-order valence-electron chi connectivity index (χ0n) is 30.4. The number of nitrogens with zero attached hydrogens (tertiary/aromatic N) is 5. The zero-order chi connectivity index (χ0) is 37.2. The van der Waals surface area contributed by atoms with Crippen LogP contribution in [0.3, 0.4) is 0 Å². The Kier molecular flexibility index (Phi) is 6.26. The molecule has 0 unspecified atom stereocenters. The highest BCUT2D eigenvalue weighted by Crippen LogP contribution is 2.45. The van der Waals surface area contributed by atoms with E-state index in [-0.39, 0.29) is 0 Å². The van der Waals surface area contributed by atoms with Gasteiger partial charge in [-0.3, -0.25) is 4.57 Å². The molecule has 0 aliphatic heterocycles. The van der Waals surface area contributed by atoms with Crippen LogP contribution in [0.2, 0.25) is 0 Å². The fourth-order valence-electron chi connectivity index (χ4n) is 9.24. The Balaban J connectivity index is 1.15. The van der Waals surface area contributed by atoms with Crippen molar-refractivity contribution in [3.8, 4) is 39.9 Å². The molecule has 0 saturated heterocycles. The second-order valence-corrected chi connectivity index (χ2v) is 15.9. The first kappa shape index (κ1) is 30.9. The molecular formula is C51H29N5S. The molecule has 5 nitrogen and oxygen atoms in total. The van der Waals surface area contributed by atoms with Crippen LogP contribution in [0.25, 0.3) is 120 Å². The van der Waals surface area contributed by atoms with E-state index in [4.69, 9.17) is 15.0 Å². The molecule has 0 amide bonds. The SMILES string of the molecule is c1ccc(-c2cccc(-c3nc(-c4ccc5sc6ccccc6c5c4)nc(-n4c5cccc6c7ccccc7n7c8ccccc8c8ccc4c(c65)c87)n3)c2)cc1. The molecule has 5 aromatic heterocycles. The average molecular weight is 744 g/mol. The van der Waals surface area contributed by atoms with Gasteiger partial charge in [0.15, 0.2) is 11.6 Å². The third kappa shape index (κ3) is 4.36. The lowest BCUT2D eigenvalue weighted by atomic mass is 10.0. The maximum Gasteiger partial charge on any atom is 0.238 e. The molecule has 0 bridgehead atoms. The van der Waals surface area contributed by atoms with Crippen molar-refractivity contribution >= 4 is 91.4 Å². The van der Waals surface area contributed by atoms with Gasteiger partial charge in [-0.2, -0.15) is 9.97 Å². The van der Waals surface area contributed by atoms with Gasteiger partial charge in [0.2, 0.25) is 5.95 Å². The Labute approximate surface area is 329 Å². The number of hydrogen-bond donors (Lipinski definition) is 0. The summed E-state index contributed by atoms with van der Waals surface area (Å²) in [5.41, 5.74) is 9.84. The Morgan fingerprint density at radius 1 is 0.351 bits per heavy atom. The quantitative estimate of drug-likeness (QED) is 0.180. The Morgan fingerprint density at radius 2 is 0.947 bits per heavy atom. The molecule has 8 aromatic carbocycles. The van der Waals surface area contributed by atoms with E-state index in [1.54, 1.807) is 0 Å². The van der Waals surface area contributed by atoms with Crippen LogP contribution in [0.5, 0.6) is 0 Å². The molecule has 13 rings (SSSR count). The van der Waals surface area contributed by atoms with E-state index in [9.17, 15) is 0 Å². The third-order valence-electron chi connectivity index (χ3n) is 11.7. The highest BCUT2D eigenvalue weighted by atomic mass is 32.1. The average Bonchev–Trinajstić information content (AvgIpc) is 3.91. The standard InChI is InChI=1S/C51H29N5S/c1-2-12-30(13-3-1)31-14-10-15-32(28-31)49-52-50(33-24-27-45-39(29-33)36-18-6-9-23-44(36)57-45)54-51(53-49)56-42-22-11-19-37-34-16-4-7-20-40(34)55-41-21-8-5-17-35(41)38-25-26-43(56)47(46(37)42)48(38)55/h1-29H. The number of hydrogen-bond acceptors (Lipinski definition) is 4. The maximum atomic E-state index is 5.40. The fraction of sp³-hybridized carbons (Fsp3) is 0. The summed E-state index contributed by atoms with van der Waals surface area (Å²) in [5, 5.41) is 9.73. The molecule has 0 saturated carbocycles. The van der Waals surface area contributed by atoms with E-state index in [0.717, 1.165) is 33.3 Å². The van der Waals surface area contributed by atoms with Crippen molar-refractivity contribution in [3.63, 3.8) is 0 Å². The number of benzene rings is 8. The number of rotatable bonds is 4. The molecule has 0 aliphatic rings. The highest BCUT2D eigenvalue weighted by molar-refractivity contribution is 7.25. The third-order valence-corrected chi connectivity index (χ3v) is 12.9. The van der Waals surface area contributed by atoms with Gasteiger partial charge in [-0.15, -0.1) is 11.3 Å². The Morgan fingerprint density at radius 3 is 1.77 bits per heavy atom. The van der Waals surface area contributed by atoms with Gasteiger partial charge >= 0.3 is 0 Å². The van der Waals surface area contributed by atoms with Crippen LogP contribution >= 0.6 is 11.3 Å². The van der Waals surface area contributed by atoms with Crippen LogP contribution in [-0.4, -0.2) is 23.9 Å². The van der Waals surface area contributed by atoms with Crippen molar-refractivity contribution in [1.82, 2.24) is 23.9 Å². The van der Waals surface area contributed by atoms with Gasteiger partial charge in [0, 0.05) is 58.2 Å². The number of aromatic nitrogens is 5. The van der Waals surface area contributed by atoms with E-state index in [2.05, 4.69) is 179 Å². The Hall–Kier alpha value is -7.41. The van der Waals surface area contributed by atoms with Gasteiger partial charge < -0.3 is 4.40 Å². The summed E-state index contributed by atoms with van der Waals surface area (Å²) < 4.78 is 7.24. The summed E-state index contributed by atoms with van der Waals surface area (Å²) in [6.07, 6.45) is 0. The molecular weight excluding hydrogens is 715 g/mol. The van der Waals surface area contributed by atoms with Crippen molar-refractivity contribution < 1.29 is 0 Å². The topological polar surface area (TPSA) is 48.0 Å². The maximum absolute atomic E-state index is 5.40. The van der Waals surface area contributed by atoms with Gasteiger partial charge in [-0.1, -0.05) is 121 Å². The second kappa shape index (κ2) is 11.6. The van der Waals surface area contributed by atoms with Crippen LogP contribution in [0.15, 0.2) is 176 Å². The van der Waals surface area contributed by atoms with Gasteiger partial charge in [0.1, 0.15) is 0 Å². The molecule has 6 heteroatoms. The van der Waals surface area contributed by atoms with Crippen LogP contribution in [0.1, 0.15) is 0 Å². The fourth-order valence-corrected chi connectivity index (χ4v) is 10.3. The summed E-state index contributed by atoms with van der Waals surface area (Å²) >= 11 is 1.82. The Bertz CT molecular complexity index is 3760. The first-order valence-electron chi connectivity index (χ1n) is 19.2. The van der Waals surface area contributed by atoms with Crippen molar-refractivity contribution in [1.29, 1.82) is 0 Å². The molecule has 0 aliphatic carbocycles. The lowest BCUT2D eigenvalue weighted by Gasteiger charge is -2.12. The van der Waals surface area contributed by atoms with Gasteiger partial charge in [0.05, 0.1) is 27.6 Å². The summed E-state index contributed by atoms with van der Waals surface area (Å²) in [6, 6.07) is 63.0. The molecule has 0 spiro atoms. The lowest BCUT2D eigenvalue weighted by Crippen LogP contribution is -2.06. The lowest BCUT2D eigenvalue weighted by molar-refractivity contribution is 0.954. The summed E-state index contributed by atoms with van der Waals surface area (Å²) in [5.74, 6) is 1.85. The van der Waals surface area contributed by atoms with Crippen LogP contribution < -0.4 is 0 Å². The van der Waals surface area contributed by atoms with Crippen LogP contribution in [0.4, 0.5) is 0 Å². The molecule has 264 valence electrons. The van der Waals surface area contributed by atoms with E-state index in [1.165, 1.54) is 69.0 Å². The minimum atomic E-state index is 0.586. The number of fused-ring (bicyclic) bond motifs is 9. The van der Waals surface area contributed by atoms with E-state index in [0.29, 0.717) is 17.6 Å². The first-order valence-corrected chi connectivity index (χ1v) is 20.0. The van der Waals surface area contributed by atoms with Crippen molar-refractivity contribution in [2.75, 3.05) is 0 Å². The second-order valence-electron chi connectivity index (χ2n) is 14.8. The van der Waals surface area contributed by atoms with Crippen molar-refractivity contribution in [3.05, 3.63) is 176 Å². The van der Waals surface area contributed by atoms with Gasteiger partial charge in [0.25, 0.3) is 0 Å². The normalized spacial score (nSPS) is 12.2. The number of para-hydroxylation sites is 2. The van der Waals surface area contributed by atoms with Crippen LogP contribution in [0, 0.1) is 0 Å². The van der Waals surface area contributed by atoms with E-state index in [1.807, 2.05) is 17.4 Å². The first-order chi connectivity index (χ1) is 28.3. The predicted molar refractivity (Wildman–Crippen MR) is 238 cm³/mol. The minimum absolute atomic E-state index is 0.586. The van der Waals surface area contributed by atoms with Crippen LogP contribution in [-0.2, 0) is 0 Å². The highest BCUT2D eigenvalue weighted by Gasteiger charge is 2.25. The predicted octanol–water partition coefficient (Wildman–Crippen LogP) is 13.5. The van der Waals surface area contributed by atoms with Gasteiger partial charge in [-0.25, -0.2) is 4.98 Å². The molecule has 57 heavy (non-hydrogen) atoms. The summed E-state index contributed by atoms with van der Waals surface area (Å²) in [6.45, 7) is 0. The molecule has 0 fully saturated rings. The van der Waals surface area contributed by atoms with Crippen molar-refractivity contribution in [2.45, 2.75) is 0 Å². The largest absolute Gasteiger partial charge is 0.308 e. The smallest absolute Gasteiger partial charge is 0.238 e. The summed E-state index contributed by atoms with van der Waals surface area (Å²) in [4.78, 5) is 16.0. The number of thiophene rings is 1. The minimum Gasteiger partial charge on any atom is -0.308 e. The molecule has 5 heterocycles.